The third-order valence-corrected chi connectivity index (χ3v) is 18.0. The minimum absolute atomic E-state index is 0.00171. The summed E-state index contributed by atoms with van der Waals surface area (Å²) < 4.78 is 5.52. The summed E-state index contributed by atoms with van der Waals surface area (Å²) in [5.74, 6) is -7.62. The maximum atomic E-state index is 14.7. The summed E-state index contributed by atoms with van der Waals surface area (Å²) in [5.41, 5.74) is 14.6. The van der Waals surface area contributed by atoms with Gasteiger partial charge in [-0.2, -0.15) is 0 Å². The van der Waals surface area contributed by atoms with Crippen molar-refractivity contribution >= 4 is 47.0 Å². The Hall–Kier alpha value is -7.01. The lowest BCUT2D eigenvalue weighted by molar-refractivity contribution is -0.147. The fraction of sp³-hybridized carbons (Fsp3) is 0.597. The van der Waals surface area contributed by atoms with E-state index in [1.165, 1.54) is 57.2 Å². The molecule has 7 amide bonds. The number of carbonyl (C=O) groups is 7. The Labute approximate surface area is 512 Å². The van der Waals surface area contributed by atoms with Crippen LogP contribution in [0.15, 0.2) is 66.7 Å². The second kappa shape index (κ2) is 30.5. The Morgan fingerprint density at radius 3 is 1.99 bits per heavy atom. The molecule has 4 heterocycles. The molecule has 1 unspecified atom stereocenters. The first-order chi connectivity index (χ1) is 42.1. The van der Waals surface area contributed by atoms with E-state index >= 15 is 0 Å². The zero-order chi connectivity index (χ0) is 63.5. The summed E-state index contributed by atoms with van der Waals surface area (Å²) in [5, 5.41) is 91.4. The van der Waals surface area contributed by atoms with Gasteiger partial charge in [-0.3, -0.25) is 38.5 Å². The molecule has 1 aliphatic carbocycles. The monoisotopic (exact) mass is 1230 g/mol. The molecule has 0 spiro atoms. The molecule has 13 atom stereocenters. The van der Waals surface area contributed by atoms with Crippen molar-refractivity contribution in [3.8, 4) is 22.6 Å². The van der Waals surface area contributed by atoms with E-state index in [1.807, 2.05) is 12.1 Å². The van der Waals surface area contributed by atoms with Crippen LogP contribution < -0.4 is 47.7 Å². The van der Waals surface area contributed by atoms with Crippen LogP contribution in [0.3, 0.4) is 0 Å². The number of nitrogens with two attached hydrogens (primary N) is 2. The predicted molar refractivity (Wildman–Crippen MR) is 323 cm³/mol. The van der Waals surface area contributed by atoms with E-state index in [4.69, 9.17) is 16.2 Å². The highest BCUT2D eigenvalue weighted by molar-refractivity contribution is 6.00. The largest absolute Gasteiger partial charge is 0.504 e. The maximum absolute atomic E-state index is 14.7. The highest BCUT2D eigenvalue weighted by Crippen LogP contribution is 2.33. The van der Waals surface area contributed by atoms with Crippen LogP contribution in [0.25, 0.3) is 11.1 Å². The molecule has 482 valence electrons. The van der Waals surface area contributed by atoms with Gasteiger partial charge in [-0.15, -0.1) is 0 Å². The molecule has 5 aliphatic rings. The molecule has 0 bridgehead atoms. The number of rotatable bonds is 16. The lowest BCUT2D eigenvalue weighted by Gasteiger charge is -2.42. The van der Waals surface area contributed by atoms with Crippen molar-refractivity contribution in [3.63, 3.8) is 0 Å². The Morgan fingerprint density at radius 2 is 1.35 bits per heavy atom. The van der Waals surface area contributed by atoms with Crippen molar-refractivity contribution in [1.82, 2.24) is 41.3 Å². The third kappa shape index (κ3) is 16.2. The number of amides is 7. The number of piperazine rings is 1. The quantitative estimate of drug-likeness (QED) is 0.0723. The lowest BCUT2D eigenvalue weighted by atomic mass is 9.84. The normalized spacial score (nSPS) is 29.3. The number of hydrogen-bond donors (Lipinski definition) is 14. The van der Waals surface area contributed by atoms with Gasteiger partial charge in [0.05, 0.1) is 36.6 Å². The summed E-state index contributed by atoms with van der Waals surface area (Å²) in [7, 11) is 0. The van der Waals surface area contributed by atoms with Crippen LogP contribution in [0.2, 0.25) is 0 Å². The van der Waals surface area contributed by atoms with Crippen LogP contribution in [-0.2, 0) is 35.2 Å². The number of phenolic OH excluding ortho intramolecular Hbond substituents is 1. The fourth-order valence-electron chi connectivity index (χ4n) is 12.8. The minimum Gasteiger partial charge on any atom is -0.504 e. The number of aromatic hydroxyl groups is 1. The van der Waals surface area contributed by atoms with Gasteiger partial charge in [0.1, 0.15) is 42.9 Å². The molecule has 3 aromatic rings. The molecule has 3 aromatic carbocycles. The van der Waals surface area contributed by atoms with Crippen molar-refractivity contribution in [1.29, 1.82) is 0 Å². The van der Waals surface area contributed by atoms with E-state index in [-0.39, 0.29) is 55.3 Å². The lowest BCUT2D eigenvalue weighted by Crippen LogP contribution is -2.64. The number of benzene rings is 3. The third-order valence-electron chi connectivity index (χ3n) is 18.0. The van der Waals surface area contributed by atoms with Gasteiger partial charge >= 0.3 is 0 Å². The average Bonchev–Trinajstić information content (AvgIpc) is 3.38. The first-order valence-corrected chi connectivity index (χ1v) is 30.8. The Balaban J connectivity index is 1.04. The molecule has 26 nitrogen and oxygen atoms in total. The number of aliphatic hydroxyl groups is 6. The van der Waals surface area contributed by atoms with Crippen LogP contribution in [0.4, 0.5) is 5.69 Å². The van der Waals surface area contributed by atoms with Crippen molar-refractivity contribution < 1.29 is 74.0 Å². The summed E-state index contributed by atoms with van der Waals surface area (Å²) >= 11 is 0. The number of ether oxygens (including phenoxy) is 1. The van der Waals surface area contributed by atoms with E-state index in [9.17, 15) is 69.3 Å². The van der Waals surface area contributed by atoms with Gasteiger partial charge in [0.2, 0.25) is 35.4 Å². The molecule has 88 heavy (non-hydrogen) atoms. The van der Waals surface area contributed by atoms with Gasteiger partial charge < -0.3 is 93.2 Å². The number of β-amino-alcohol motifs (C(OH)–C–C–N with tert-alkyl or cyclic N) is 1. The number of aliphatic hydroxyl groups excluding tert-OH is 6. The molecule has 1 saturated carbocycles. The first-order valence-electron chi connectivity index (χ1n) is 30.8. The second-order valence-electron chi connectivity index (χ2n) is 24.2. The highest BCUT2D eigenvalue weighted by atomic mass is 16.5. The van der Waals surface area contributed by atoms with E-state index in [0.717, 1.165) is 58.7 Å². The fourth-order valence-corrected chi connectivity index (χ4v) is 12.8. The Morgan fingerprint density at radius 1 is 0.716 bits per heavy atom. The molecule has 8 rings (SSSR count). The van der Waals surface area contributed by atoms with E-state index < -0.39 is 152 Å². The van der Waals surface area contributed by atoms with Crippen LogP contribution in [0.5, 0.6) is 11.5 Å². The topological polar surface area (TPSA) is 395 Å². The van der Waals surface area contributed by atoms with Gasteiger partial charge in [-0.1, -0.05) is 50.6 Å². The zero-order valence-electron chi connectivity index (χ0n) is 50.3. The number of carbonyl (C=O) groups excluding carboxylic acids is 7. The summed E-state index contributed by atoms with van der Waals surface area (Å²) in [6.45, 7) is 7.35. The van der Waals surface area contributed by atoms with Crippen LogP contribution in [0, 0.1) is 11.8 Å². The standard InChI is InChI=1S/C62H89N11O15/c1-4-36-5-14-41(15-6-36)70-22-24-71(25-23-70)42-16-12-39(13-17-42)38-8-10-40(11-9-38)56(81)66-45-29-43(75)31-65-60(85)54-55(80)34(2)32-73(54)62(87)53(48(78)19-20-63)69-59(84)52(49(79)27-37-7-18-47(77)50(28-37)88-26-21-64)68-58(83)46-30-44(76)33-72(46)61(86)51(35(3)74)67-57(45)82/h7-13,16-18,28,34-36,41,43-46,48-49,51-55,74-80H,4-6,14-15,19-27,29-33,63-64H2,1-3H3,(H,65,85)(H,66,81)(H,67,82)(H,68,83)(H,69,84)/t34-,35+,36?,41?,43+,44+,45?,46-,48+,49+,51-,52-,53-,54-,55-/m0/s1. The molecule has 0 radical (unpaired) electrons. The van der Waals surface area contributed by atoms with Crippen LogP contribution >= 0.6 is 0 Å². The van der Waals surface area contributed by atoms with Crippen LogP contribution in [-0.4, -0.2) is 236 Å². The molecule has 16 N–H and O–H groups in total. The Kier molecular flexibility index (Phi) is 23.2. The van der Waals surface area contributed by atoms with Crippen molar-refractivity contribution in [2.45, 2.75) is 157 Å². The summed E-state index contributed by atoms with van der Waals surface area (Å²) in [6, 6.07) is 8.61. The smallest absolute Gasteiger partial charge is 0.251 e. The molecule has 5 fully saturated rings. The van der Waals surface area contributed by atoms with E-state index in [0.29, 0.717) is 6.04 Å². The van der Waals surface area contributed by atoms with Crippen molar-refractivity contribution in [2.24, 2.45) is 23.3 Å². The van der Waals surface area contributed by atoms with Crippen LogP contribution in [0.1, 0.15) is 88.1 Å². The number of hydrogen-bond acceptors (Lipinski definition) is 19. The molecular formula is C62H89N11O15. The van der Waals surface area contributed by atoms with Crippen molar-refractivity contribution in [2.75, 3.05) is 70.4 Å². The average molecular weight is 1230 g/mol. The van der Waals surface area contributed by atoms with Gasteiger partial charge in [0.25, 0.3) is 5.91 Å². The summed E-state index contributed by atoms with van der Waals surface area (Å²) in [4.78, 5) is 108. The number of nitrogens with one attached hydrogen (secondary N) is 5. The molecule has 4 aliphatic heterocycles. The number of nitrogens with zero attached hydrogens (tertiary/aromatic N) is 4. The predicted octanol–water partition coefficient (Wildman–Crippen LogP) is -2.22. The van der Waals surface area contributed by atoms with Gasteiger partial charge in [0, 0.05) is 94.8 Å². The molecule has 4 saturated heterocycles. The number of anilines is 1. The number of fused-ring (bicyclic) bond motifs is 2. The van der Waals surface area contributed by atoms with Gasteiger partial charge in [-0.05, 0) is 105 Å². The van der Waals surface area contributed by atoms with Gasteiger partial charge in [-0.25, -0.2) is 0 Å². The van der Waals surface area contributed by atoms with Gasteiger partial charge in [0.15, 0.2) is 11.5 Å². The highest BCUT2D eigenvalue weighted by Gasteiger charge is 2.50. The first kappa shape index (κ1) is 66.9. The van der Waals surface area contributed by atoms with E-state index in [1.54, 1.807) is 31.2 Å². The summed E-state index contributed by atoms with van der Waals surface area (Å²) in [6.07, 6.45) is -5.29. The molecule has 26 heteroatoms. The van der Waals surface area contributed by atoms with E-state index in [2.05, 4.69) is 55.4 Å². The molecular weight excluding hydrogens is 1140 g/mol. The Bertz CT molecular complexity index is 2890. The maximum Gasteiger partial charge on any atom is 0.251 e. The SMILES string of the molecule is CCC1CCC(N2CCN(c3ccc(-c4ccc(C(=O)NC5C[C@@H](O)CNC(=O)[C@@H]6[C@@H](O)[C@@H](C)CN6C(=O)[C@H]([C@H](O)CCN)NC(=O)[C@H]([C@H](O)Cc6ccc(O)c(OCCN)c6)NC(=O)[C@@H]6C[C@@H](O)CN6C(=O)[C@H]([C@@H](C)O)NC5=O)cc4)cc3)CC2)CC1. The van der Waals surface area contributed by atoms with Crippen molar-refractivity contribution in [3.05, 3.63) is 77.9 Å². The number of phenols is 1. The zero-order valence-corrected chi connectivity index (χ0v) is 50.3. The second-order valence-corrected chi connectivity index (χ2v) is 24.2. The molecule has 0 aromatic heterocycles. The minimum atomic E-state index is -2.03.